The molecule has 4 nitrogen and oxygen atoms in total. The van der Waals surface area contributed by atoms with Gasteiger partial charge in [-0.2, -0.15) is 5.10 Å². The number of nitrogens with one attached hydrogen (secondary N) is 1. The smallest absolute Gasteiger partial charge is 0.280 e. The average molecular weight is 426 g/mol. The van der Waals surface area contributed by atoms with Crippen molar-refractivity contribution in [2.45, 2.75) is 13.0 Å². The molecule has 0 radical (unpaired) electrons. The maximum Gasteiger partial charge on any atom is 0.280 e. The van der Waals surface area contributed by atoms with Gasteiger partial charge in [0.2, 0.25) is 0 Å². The minimum Gasteiger partial charge on any atom is -0.481 e. The van der Waals surface area contributed by atoms with Crippen LogP contribution in [-0.2, 0) is 4.79 Å². The summed E-state index contributed by atoms with van der Waals surface area (Å²) in [6.07, 6.45) is 0.940. The van der Waals surface area contributed by atoms with Crippen LogP contribution in [0.5, 0.6) is 5.75 Å². The second-order valence-electron chi connectivity index (χ2n) is 4.50. The summed E-state index contributed by atoms with van der Waals surface area (Å²) in [4.78, 5) is 11.9. The first-order chi connectivity index (χ1) is 10.5. The summed E-state index contributed by atoms with van der Waals surface area (Å²) >= 11 is 6.72. The molecule has 0 bridgehead atoms. The third kappa shape index (κ3) is 5.27. The van der Waals surface area contributed by atoms with E-state index in [4.69, 9.17) is 4.74 Å². The van der Waals surface area contributed by atoms with Gasteiger partial charge in [-0.15, -0.1) is 0 Å². The molecule has 1 unspecified atom stereocenters. The monoisotopic (exact) mass is 424 g/mol. The normalized spacial score (nSPS) is 12.1. The number of carbonyl (C=O) groups excluding carboxylic acids is 1. The number of benzene rings is 2. The fraction of sp³-hybridized carbons (Fsp3) is 0.125. The first-order valence-electron chi connectivity index (χ1n) is 6.55. The van der Waals surface area contributed by atoms with Crippen LogP contribution in [0.25, 0.3) is 0 Å². The van der Waals surface area contributed by atoms with E-state index in [1.54, 1.807) is 25.3 Å². The third-order valence-corrected chi connectivity index (χ3v) is 3.75. The number of carbonyl (C=O) groups is 1. The molecule has 0 aliphatic heterocycles. The zero-order valence-corrected chi connectivity index (χ0v) is 15.0. The predicted octanol–water partition coefficient (Wildman–Crippen LogP) is 4.13. The van der Waals surface area contributed by atoms with Crippen LogP contribution in [-0.4, -0.2) is 18.2 Å². The Hall–Kier alpha value is -1.66. The number of halogens is 2. The summed E-state index contributed by atoms with van der Waals surface area (Å²) in [5, 5.41) is 3.93. The molecule has 0 aromatic heterocycles. The summed E-state index contributed by atoms with van der Waals surface area (Å²) in [6, 6.07) is 14.9. The first-order valence-corrected chi connectivity index (χ1v) is 8.14. The fourth-order valence-electron chi connectivity index (χ4n) is 1.62. The molecule has 1 amide bonds. The van der Waals surface area contributed by atoms with Crippen molar-refractivity contribution in [3.63, 3.8) is 0 Å². The number of hydrogen-bond donors (Lipinski definition) is 1. The van der Waals surface area contributed by atoms with Crippen LogP contribution in [0.1, 0.15) is 12.5 Å². The quantitative estimate of drug-likeness (QED) is 0.578. The molecule has 0 spiro atoms. The standard InChI is InChI=1S/C16H14Br2N2O2/c1-11(22-15-7-5-13(17)6-8-15)16(21)20-19-10-12-3-2-4-14(18)9-12/h2-11H,1H3,(H,20,21). The van der Waals surface area contributed by atoms with Crippen LogP contribution >= 0.6 is 31.9 Å². The Balaban J connectivity index is 1.87. The molecule has 2 aromatic carbocycles. The van der Waals surface area contributed by atoms with Gasteiger partial charge in [-0.05, 0) is 48.9 Å². The molecule has 0 saturated carbocycles. The lowest BCUT2D eigenvalue weighted by Crippen LogP contribution is -2.33. The lowest BCUT2D eigenvalue weighted by molar-refractivity contribution is -0.127. The topological polar surface area (TPSA) is 50.7 Å². The average Bonchev–Trinajstić information content (AvgIpc) is 2.49. The number of ether oxygens (including phenoxy) is 1. The highest BCUT2D eigenvalue weighted by atomic mass is 79.9. The Morgan fingerprint density at radius 1 is 1.18 bits per heavy atom. The van der Waals surface area contributed by atoms with Crippen LogP contribution in [0, 0.1) is 0 Å². The molecule has 0 aliphatic carbocycles. The van der Waals surface area contributed by atoms with E-state index in [0.29, 0.717) is 5.75 Å². The number of hydrogen-bond acceptors (Lipinski definition) is 3. The number of hydrazone groups is 1. The minimum atomic E-state index is -0.638. The van der Waals surface area contributed by atoms with E-state index in [1.165, 1.54) is 0 Å². The molecular formula is C16H14Br2N2O2. The summed E-state index contributed by atoms with van der Waals surface area (Å²) in [5.74, 6) is 0.316. The van der Waals surface area contributed by atoms with E-state index in [0.717, 1.165) is 14.5 Å². The molecule has 2 rings (SSSR count). The first kappa shape index (κ1) is 16.7. The highest BCUT2D eigenvalue weighted by Crippen LogP contribution is 2.17. The molecule has 2 aromatic rings. The van der Waals surface area contributed by atoms with Crippen LogP contribution in [0.15, 0.2) is 62.6 Å². The van der Waals surface area contributed by atoms with E-state index in [-0.39, 0.29) is 5.91 Å². The third-order valence-electron chi connectivity index (χ3n) is 2.73. The Morgan fingerprint density at radius 2 is 1.91 bits per heavy atom. The van der Waals surface area contributed by atoms with Crippen molar-refractivity contribution in [2.24, 2.45) is 5.10 Å². The van der Waals surface area contributed by atoms with Gasteiger partial charge in [0.25, 0.3) is 5.91 Å². The Kier molecular flexibility index (Phi) is 6.15. The zero-order valence-electron chi connectivity index (χ0n) is 11.8. The predicted molar refractivity (Wildman–Crippen MR) is 94.1 cm³/mol. The zero-order chi connectivity index (χ0) is 15.9. The second-order valence-corrected chi connectivity index (χ2v) is 6.33. The molecule has 0 aliphatic rings. The van der Waals surface area contributed by atoms with Crippen LogP contribution in [0.3, 0.4) is 0 Å². The van der Waals surface area contributed by atoms with Gasteiger partial charge in [0.05, 0.1) is 6.21 Å². The van der Waals surface area contributed by atoms with Gasteiger partial charge in [0.1, 0.15) is 5.75 Å². The lowest BCUT2D eigenvalue weighted by atomic mass is 10.2. The van der Waals surface area contributed by atoms with Gasteiger partial charge in [-0.25, -0.2) is 5.43 Å². The van der Waals surface area contributed by atoms with E-state index in [1.807, 2.05) is 36.4 Å². The van der Waals surface area contributed by atoms with Gasteiger partial charge >= 0.3 is 0 Å². The highest BCUT2D eigenvalue weighted by molar-refractivity contribution is 9.10. The van der Waals surface area contributed by atoms with Gasteiger partial charge in [-0.3, -0.25) is 4.79 Å². The Labute approximate surface area is 145 Å². The highest BCUT2D eigenvalue weighted by Gasteiger charge is 2.13. The summed E-state index contributed by atoms with van der Waals surface area (Å²) in [7, 11) is 0. The van der Waals surface area contributed by atoms with Crippen LogP contribution < -0.4 is 10.2 Å². The lowest BCUT2D eigenvalue weighted by Gasteiger charge is -2.12. The van der Waals surface area contributed by atoms with Crippen molar-refractivity contribution >= 4 is 44.0 Å². The summed E-state index contributed by atoms with van der Waals surface area (Å²) in [6.45, 7) is 1.67. The van der Waals surface area contributed by atoms with E-state index >= 15 is 0 Å². The molecule has 0 heterocycles. The van der Waals surface area contributed by atoms with Crippen LogP contribution in [0.4, 0.5) is 0 Å². The molecular weight excluding hydrogens is 412 g/mol. The van der Waals surface area contributed by atoms with Crippen molar-refractivity contribution < 1.29 is 9.53 Å². The van der Waals surface area contributed by atoms with Crippen LogP contribution in [0.2, 0.25) is 0 Å². The van der Waals surface area contributed by atoms with Crippen molar-refractivity contribution in [1.29, 1.82) is 0 Å². The number of rotatable bonds is 5. The molecule has 22 heavy (non-hydrogen) atoms. The van der Waals surface area contributed by atoms with Gasteiger partial charge < -0.3 is 4.74 Å². The maximum absolute atomic E-state index is 11.9. The molecule has 6 heteroatoms. The second kappa shape index (κ2) is 8.10. The van der Waals surface area contributed by atoms with Gasteiger partial charge in [-0.1, -0.05) is 44.0 Å². The summed E-state index contributed by atoms with van der Waals surface area (Å²) in [5.41, 5.74) is 3.35. The minimum absolute atomic E-state index is 0.311. The van der Waals surface area contributed by atoms with Gasteiger partial charge in [0.15, 0.2) is 6.10 Å². The largest absolute Gasteiger partial charge is 0.481 e. The van der Waals surface area contributed by atoms with Crippen molar-refractivity contribution in [2.75, 3.05) is 0 Å². The van der Waals surface area contributed by atoms with E-state index in [9.17, 15) is 4.79 Å². The molecule has 1 atom stereocenters. The number of nitrogens with zero attached hydrogens (tertiary/aromatic N) is 1. The molecule has 1 N–H and O–H groups in total. The molecule has 0 saturated heterocycles. The van der Waals surface area contributed by atoms with Crippen molar-refractivity contribution in [3.05, 3.63) is 63.0 Å². The van der Waals surface area contributed by atoms with Gasteiger partial charge in [0, 0.05) is 8.95 Å². The molecule has 114 valence electrons. The fourth-order valence-corrected chi connectivity index (χ4v) is 2.30. The SMILES string of the molecule is CC(Oc1ccc(Br)cc1)C(=O)NN=Cc1cccc(Br)c1. The van der Waals surface area contributed by atoms with Crippen molar-refractivity contribution in [1.82, 2.24) is 5.43 Å². The van der Waals surface area contributed by atoms with E-state index < -0.39 is 6.10 Å². The number of amides is 1. The maximum atomic E-state index is 11.9. The van der Waals surface area contributed by atoms with E-state index in [2.05, 4.69) is 42.4 Å². The molecule has 0 fully saturated rings. The Morgan fingerprint density at radius 3 is 2.59 bits per heavy atom. The summed E-state index contributed by atoms with van der Waals surface area (Å²) < 4.78 is 7.45. The van der Waals surface area contributed by atoms with Crippen molar-refractivity contribution in [3.8, 4) is 5.75 Å². The Bertz CT molecular complexity index is 672.